The van der Waals surface area contributed by atoms with Gasteiger partial charge in [0.15, 0.2) is 0 Å². The maximum absolute atomic E-state index is 12.7. The van der Waals surface area contributed by atoms with E-state index in [0.717, 1.165) is 27.8 Å². The second kappa shape index (κ2) is 9.79. The highest BCUT2D eigenvalue weighted by atomic mass is 16.5. The highest BCUT2D eigenvalue weighted by Crippen LogP contribution is 2.44. The summed E-state index contributed by atoms with van der Waals surface area (Å²) >= 11 is 0. The molecule has 7 heteroatoms. The van der Waals surface area contributed by atoms with Gasteiger partial charge in [-0.1, -0.05) is 60.7 Å². The molecule has 1 aliphatic carbocycles. The molecule has 0 fully saturated rings. The van der Waals surface area contributed by atoms with Gasteiger partial charge in [0.05, 0.1) is 5.56 Å². The Labute approximate surface area is 198 Å². The largest absolute Gasteiger partial charge is 0.478 e. The Morgan fingerprint density at radius 3 is 2.06 bits per heavy atom. The molecular formula is C27H26N2O5. The van der Waals surface area contributed by atoms with E-state index in [2.05, 4.69) is 17.4 Å². The van der Waals surface area contributed by atoms with Crippen LogP contribution in [0.3, 0.4) is 0 Å². The molecule has 0 heterocycles. The number of ether oxygens (including phenoxy) is 1. The summed E-state index contributed by atoms with van der Waals surface area (Å²) in [6, 6.07) is 21.7. The summed E-state index contributed by atoms with van der Waals surface area (Å²) in [5.41, 5.74) is 5.50. The number of rotatable bonds is 7. The van der Waals surface area contributed by atoms with Gasteiger partial charge in [-0.05, 0) is 46.9 Å². The van der Waals surface area contributed by atoms with Gasteiger partial charge in [-0.15, -0.1) is 0 Å². The summed E-state index contributed by atoms with van der Waals surface area (Å²) < 4.78 is 5.52. The summed E-state index contributed by atoms with van der Waals surface area (Å²) in [4.78, 5) is 37.6. The lowest BCUT2D eigenvalue weighted by Crippen LogP contribution is -2.45. The van der Waals surface area contributed by atoms with Crippen LogP contribution >= 0.6 is 0 Å². The molecule has 7 nitrogen and oxygen atoms in total. The van der Waals surface area contributed by atoms with E-state index in [0.29, 0.717) is 0 Å². The first-order chi connectivity index (χ1) is 16.3. The topological polar surface area (TPSA) is 95.9 Å². The second-order valence-corrected chi connectivity index (χ2v) is 8.39. The molecule has 2 amide bonds. The molecule has 0 saturated carbocycles. The standard InChI is InChI=1S/C27H26N2O5/c1-17(25(30)29(2)15-18-11-13-19(14-12-18)26(31)32)28-27(33)34-16-24-22-9-5-3-7-20(22)21-8-4-6-10-23(21)24/h3-14,17,24H,15-16H2,1-2H3,(H,28,33)(H,31,32)/t17-/m1/s1. The van der Waals surface area contributed by atoms with E-state index >= 15 is 0 Å². The Hall–Kier alpha value is -4.13. The number of hydrogen-bond acceptors (Lipinski definition) is 4. The van der Waals surface area contributed by atoms with Gasteiger partial charge in [0.1, 0.15) is 12.6 Å². The van der Waals surface area contributed by atoms with Crippen molar-refractivity contribution in [2.75, 3.05) is 13.7 Å². The number of carbonyl (C=O) groups excluding carboxylic acids is 2. The van der Waals surface area contributed by atoms with Gasteiger partial charge >= 0.3 is 12.1 Å². The molecule has 0 spiro atoms. The molecule has 3 aromatic rings. The third kappa shape index (κ3) is 4.78. The van der Waals surface area contributed by atoms with Crippen molar-refractivity contribution >= 4 is 18.0 Å². The van der Waals surface area contributed by atoms with Crippen molar-refractivity contribution in [3.05, 3.63) is 95.1 Å². The molecule has 4 rings (SSSR count). The summed E-state index contributed by atoms with van der Waals surface area (Å²) in [6.45, 7) is 2.07. The predicted molar refractivity (Wildman–Crippen MR) is 128 cm³/mol. The number of hydrogen-bond donors (Lipinski definition) is 2. The lowest BCUT2D eigenvalue weighted by Gasteiger charge is -2.22. The molecule has 0 saturated heterocycles. The van der Waals surface area contributed by atoms with Gasteiger partial charge in [-0.25, -0.2) is 9.59 Å². The maximum Gasteiger partial charge on any atom is 0.407 e. The lowest BCUT2D eigenvalue weighted by atomic mass is 9.98. The monoisotopic (exact) mass is 458 g/mol. The van der Waals surface area contributed by atoms with Crippen LogP contribution in [0.1, 0.15) is 39.9 Å². The van der Waals surface area contributed by atoms with E-state index in [-0.39, 0.29) is 30.5 Å². The van der Waals surface area contributed by atoms with Crippen LogP contribution in [0.25, 0.3) is 11.1 Å². The van der Waals surface area contributed by atoms with Crippen LogP contribution in [0.15, 0.2) is 72.8 Å². The first-order valence-electron chi connectivity index (χ1n) is 11.0. The molecule has 34 heavy (non-hydrogen) atoms. The van der Waals surface area contributed by atoms with Crippen LogP contribution < -0.4 is 5.32 Å². The number of carbonyl (C=O) groups is 3. The van der Waals surface area contributed by atoms with Crippen LogP contribution in [-0.2, 0) is 16.1 Å². The van der Waals surface area contributed by atoms with Crippen molar-refractivity contribution in [2.24, 2.45) is 0 Å². The SMILES string of the molecule is C[C@@H](NC(=O)OCC1c2ccccc2-c2ccccc21)C(=O)N(C)Cc1ccc(C(=O)O)cc1. The van der Waals surface area contributed by atoms with Crippen LogP contribution in [0.5, 0.6) is 0 Å². The van der Waals surface area contributed by atoms with Gasteiger partial charge in [-0.2, -0.15) is 0 Å². The number of fused-ring (bicyclic) bond motifs is 3. The Morgan fingerprint density at radius 1 is 0.941 bits per heavy atom. The van der Waals surface area contributed by atoms with Crippen LogP contribution in [0.4, 0.5) is 4.79 Å². The van der Waals surface area contributed by atoms with Crippen molar-refractivity contribution in [1.29, 1.82) is 0 Å². The van der Waals surface area contributed by atoms with E-state index in [1.54, 1.807) is 26.1 Å². The molecule has 0 radical (unpaired) electrons. The number of aromatic carboxylic acids is 1. The quantitative estimate of drug-likeness (QED) is 0.551. The fourth-order valence-corrected chi connectivity index (χ4v) is 4.31. The van der Waals surface area contributed by atoms with Crippen molar-refractivity contribution in [3.63, 3.8) is 0 Å². The van der Waals surface area contributed by atoms with Crippen LogP contribution in [0, 0.1) is 0 Å². The van der Waals surface area contributed by atoms with Crippen LogP contribution in [0.2, 0.25) is 0 Å². The number of carboxylic acids is 1. The summed E-state index contributed by atoms with van der Waals surface area (Å²) in [7, 11) is 1.63. The molecule has 1 aliphatic rings. The van der Waals surface area contributed by atoms with Crippen molar-refractivity contribution in [3.8, 4) is 11.1 Å². The predicted octanol–water partition coefficient (Wildman–Crippen LogP) is 4.27. The normalized spacial score (nSPS) is 12.9. The molecule has 3 aromatic carbocycles. The van der Waals surface area contributed by atoms with E-state index in [1.807, 2.05) is 36.4 Å². The minimum Gasteiger partial charge on any atom is -0.478 e. The minimum absolute atomic E-state index is 0.0550. The van der Waals surface area contributed by atoms with E-state index < -0.39 is 18.1 Å². The first-order valence-corrected chi connectivity index (χ1v) is 11.0. The zero-order valence-corrected chi connectivity index (χ0v) is 19.0. The molecule has 0 unspecified atom stereocenters. The Kier molecular flexibility index (Phi) is 6.63. The van der Waals surface area contributed by atoms with Gasteiger partial charge in [0, 0.05) is 19.5 Å². The highest BCUT2D eigenvalue weighted by molar-refractivity contribution is 5.87. The number of nitrogens with zero attached hydrogens (tertiary/aromatic N) is 1. The van der Waals surface area contributed by atoms with Gasteiger partial charge in [0.2, 0.25) is 5.91 Å². The first kappa shape index (κ1) is 23.0. The third-order valence-electron chi connectivity index (χ3n) is 6.05. The molecule has 174 valence electrons. The van der Waals surface area contributed by atoms with Crippen molar-refractivity contribution in [2.45, 2.75) is 25.4 Å². The van der Waals surface area contributed by atoms with Gasteiger partial charge < -0.3 is 20.1 Å². The molecule has 0 aromatic heterocycles. The van der Waals surface area contributed by atoms with Gasteiger partial charge in [-0.3, -0.25) is 4.79 Å². The average molecular weight is 459 g/mol. The Morgan fingerprint density at radius 2 is 1.50 bits per heavy atom. The summed E-state index contributed by atoms with van der Waals surface area (Å²) in [6.07, 6.45) is -0.651. The zero-order chi connectivity index (χ0) is 24.2. The second-order valence-electron chi connectivity index (χ2n) is 8.39. The number of nitrogens with one attached hydrogen (secondary N) is 1. The number of amides is 2. The molecule has 2 N–H and O–H groups in total. The van der Waals surface area contributed by atoms with E-state index in [1.165, 1.54) is 17.0 Å². The fraction of sp³-hybridized carbons (Fsp3) is 0.222. The molecule has 0 aliphatic heterocycles. The van der Waals surface area contributed by atoms with E-state index in [4.69, 9.17) is 9.84 Å². The van der Waals surface area contributed by atoms with Crippen molar-refractivity contribution in [1.82, 2.24) is 10.2 Å². The zero-order valence-electron chi connectivity index (χ0n) is 19.0. The fourth-order valence-electron chi connectivity index (χ4n) is 4.31. The molecule has 1 atom stereocenters. The maximum atomic E-state index is 12.7. The minimum atomic E-state index is -1.00. The highest BCUT2D eigenvalue weighted by Gasteiger charge is 2.29. The third-order valence-corrected chi connectivity index (χ3v) is 6.05. The summed E-state index contributed by atoms with van der Waals surface area (Å²) in [5.74, 6) is -1.34. The van der Waals surface area contributed by atoms with E-state index in [9.17, 15) is 14.4 Å². The lowest BCUT2D eigenvalue weighted by molar-refractivity contribution is -0.132. The van der Waals surface area contributed by atoms with Gasteiger partial charge in [0.25, 0.3) is 0 Å². The molecule has 0 bridgehead atoms. The number of likely N-dealkylation sites (N-methyl/N-ethyl adjacent to an activating group) is 1. The number of benzene rings is 3. The van der Waals surface area contributed by atoms with Crippen LogP contribution in [-0.4, -0.2) is 47.7 Å². The Bertz CT molecular complexity index is 1180. The number of alkyl carbamates (subject to hydrolysis) is 1. The summed E-state index contributed by atoms with van der Waals surface area (Å²) in [5, 5.41) is 11.6. The Balaban J connectivity index is 1.32. The average Bonchev–Trinajstić information content (AvgIpc) is 3.16. The molecular weight excluding hydrogens is 432 g/mol. The smallest absolute Gasteiger partial charge is 0.407 e. The van der Waals surface area contributed by atoms with Crippen molar-refractivity contribution < 1.29 is 24.2 Å². The number of carboxylic acid groups (broad SMARTS) is 1.